The van der Waals surface area contributed by atoms with Crippen LogP contribution in [0, 0.1) is 5.41 Å². The Bertz CT molecular complexity index is 537. The largest absolute Gasteiger partial charge is 0.379 e. The maximum atomic E-state index is 12.4. The van der Waals surface area contributed by atoms with E-state index in [0.717, 1.165) is 4.88 Å². The minimum absolute atomic E-state index is 0.0796. The second-order valence-electron chi connectivity index (χ2n) is 5.61. The van der Waals surface area contributed by atoms with Gasteiger partial charge in [-0.25, -0.2) is 4.98 Å². The zero-order valence-electron chi connectivity index (χ0n) is 12.8. The van der Waals surface area contributed by atoms with Crippen molar-refractivity contribution in [3.8, 4) is 0 Å². The van der Waals surface area contributed by atoms with Gasteiger partial charge in [-0.15, -0.1) is 0 Å². The summed E-state index contributed by atoms with van der Waals surface area (Å²) in [4.78, 5) is 31.5. The van der Waals surface area contributed by atoms with Gasteiger partial charge in [0.05, 0.1) is 11.5 Å². The van der Waals surface area contributed by atoms with Crippen molar-refractivity contribution in [3.05, 3.63) is 11.1 Å². The molecule has 0 unspecified atom stereocenters. The number of thiazole rings is 1. The van der Waals surface area contributed by atoms with Crippen molar-refractivity contribution in [3.63, 3.8) is 0 Å². The summed E-state index contributed by atoms with van der Waals surface area (Å²) in [5.74, 6) is -0.359. The van der Waals surface area contributed by atoms with Gasteiger partial charge in [-0.3, -0.25) is 9.59 Å². The zero-order valence-corrected chi connectivity index (χ0v) is 13.6. The molecule has 1 aromatic heterocycles. The van der Waals surface area contributed by atoms with Gasteiger partial charge in [-0.2, -0.15) is 0 Å². The molecule has 1 aliphatic carbocycles. The molecule has 6 nitrogen and oxygen atoms in total. The monoisotopic (exact) mass is 311 g/mol. The Morgan fingerprint density at radius 2 is 2.19 bits per heavy atom. The molecule has 1 saturated carbocycles. The third-order valence-corrected chi connectivity index (χ3v) is 4.64. The number of amides is 2. The molecule has 1 N–H and O–H groups in total. The Labute approximate surface area is 128 Å². The summed E-state index contributed by atoms with van der Waals surface area (Å²) in [5.41, 5.74) is -0.897. The quantitative estimate of drug-likeness (QED) is 0.814. The Balaban J connectivity index is 2.03. The van der Waals surface area contributed by atoms with Gasteiger partial charge in [-0.1, -0.05) is 11.3 Å². The van der Waals surface area contributed by atoms with Gasteiger partial charge in [0.25, 0.3) is 0 Å². The van der Waals surface area contributed by atoms with Crippen molar-refractivity contribution in [2.75, 3.05) is 19.5 Å². The van der Waals surface area contributed by atoms with Crippen LogP contribution in [0.1, 0.15) is 31.6 Å². The smallest absolute Gasteiger partial charge is 0.241 e. The number of hydrogen-bond acceptors (Lipinski definition) is 5. The number of methoxy groups -OCH3 is 1. The molecule has 1 aliphatic rings. The summed E-state index contributed by atoms with van der Waals surface area (Å²) in [6.45, 7) is 4.33. The number of carbonyl (C=O) groups excluding carboxylic acids is 2. The molecular weight excluding hydrogens is 290 g/mol. The zero-order chi connectivity index (χ0) is 15.6. The molecule has 0 bridgehead atoms. The molecular formula is C14H21N3O3S. The number of aromatic nitrogens is 1. The molecule has 0 aromatic carbocycles. The van der Waals surface area contributed by atoms with Crippen molar-refractivity contribution in [2.45, 2.75) is 39.3 Å². The van der Waals surface area contributed by atoms with Crippen LogP contribution >= 0.6 is 11.3 Å². The summed E-state index contributed by atoms with van der Waals surface area (Å²) in [6, 6.07) is 0.0796. The van der Waals surface area contributed by atoms with Crippen LogP contribution in [0.3, 0.4) is 0 Å². The normalized spacial score (nSPS) is 15.9. The fourth-order valence-corrected chi connectivity index (χ4v) is 2.81. The van der Waals surface area contributed by atoms with Crippen LogP contribution in [0.25, 0.3) is 0 Å². The maximum Gasteiger partial charge on any atom is 0.241 e. The van der Waals surface area contributed by atoms with E-state index in [4.69, 9.17) is 4.74 Å². The lowest BCUT2D eigenvalue weighted by Crippen LogP contribution is -2.43. The van der Waals surface area contributed by atoms with Gasteiger partial charge >= 0.3 is 0 Å². The predicted octanol–water partition coefficient (Wildman–Crippen LogP) is 1.87. The Kier molecular flexibility index (Phi) is 4.63. The van der Waals surface area contributed by atoms with Gasteiger partial charge < -0.3 is 15.0 Å². The lowest BCUT2D eigenvalue weighted by molar-refractivity contribution is -0.142. The van der Waals surface area contributed by atoms with Gasteiger partial charge in [-0.05, 0) is 26.7 Å². The number of anilines is 1. The Hall–Kier alpha value is -1.47. The molecule has 7 heteroatoms. The fraction of sp³-hybridized carbons (Fsp3) is 0.643. The van der Waals surface area contributed by atoms with Gasteiger partial charge in [0.15, 0.2) is 5.13 Å². The molecule has 116 valence electrons. The van der Waals surface area contributed by atoms with Crippen LogP contribution in [-0.2, 0) is 20.9 Å². The highest BCUT2D eigenvalue weighted by atomic mass is 32.1. The van der Waals surface area contributed by atoms with Crippen molar-refractivity contribution >= 4 is 28.3 Å². The van der Waals surface area contributed by atoms with E-state index in [2.05, 4.69) is 10.3 Å². The molecule has 0 radical (unpaired) electrons. The van der Waals surface area contributed by atoms with Crippen molar-refractivity contribution < 1.29 is 14.3 Å². The van der Waals surface area contributed by atoms with E-state index in [-0.39, 0.29) is 17.9 Å². The summed E-state index contributed by atoms with van der Waals surface area (Å²) in [7, 11) is 3.35. The first-order chi connectivity index (χ1) is 9.90. The van der Waals surface area contributed by atoms with E-state index in [1.165, 1.54) is 11.3 Å². The van der Waals surface area contributed by atoms with Crippen LogP contribution in [0.2, 0.25) is 0 Å². The highest BCUT2D eigenvalue weighted by Gasteiger charge is 2.58. The van der Waals surface area contributed by atoms with E-state index in [0.29, 0.717) is 24.6 Å². The van der Waals surface area contributed by atoms with Crippen LogP contribution < -0.4 is 5.32 Å². The molecule has 0 atom stereocenters. The van der Waals surface area contributed by atoms with Gasteiger partial charge in [0.2, 0.25) is 11.8 Å². The van der Waals surface area contributed by atoms with Crippen LogP contribution in [-0.4, -0.2) is 41.9 Å². The molecule has 1 aromatic rings. The van der Waals surface area contributed by atoms with E-state index in [1.807, 2.05) is 13.8 Å². The molecule has 0 saturated heterocycles. The van der Waals surface area contributed by atoms with Gasteiger partial charge in [0.1, 0.15) is 5.41 Å². The molecule has 2 amide bonds. The van der Waals surface area contributed by atoms with Crippen molar-refractivity contribution in [2.24, 2.45) is 5.41 Å². The topological polar surface area (TPSA) is 71.5 Å². The summed E-state index contributed by atoms with van der Waals surface area (Å²) in [5, 5.41) is 3.28. The second kappa shape index (κ2) is 6.11. The predicted molar refractivity (Wildman–Crippen MR) is 81.0 cm³/mol. The number of ether oxygens (including phenoxy) is 1. The Morgan fingerprint density at radius 3 is 2.71 bits per heavy atom. The van der Waals surface area contributed by atoms with Crippen LogP contribution in [0.15, 0.2) is 6.20 Å². The number of hydrogen-bond donors (Lipinski definition) is 1. The first kappa shape index (κ1) is 15.9. The minimum Gasteiger partial charge on any atom is -0.379 e. The van der Waals surface area contributed by atoms with E-state index < -0.39 is 5.41 Å². The third kappa shape index (κ3) is 3.24. The number of nitrogens with zero attached hydrogens (tertiary/aromatic N) is 2. The average Bonchev–Trinajstić information content (AvgIpc) is 3.15. The molecule has 2 rings (SSSR count). The van der Waals surface area contributed by atoms with E-state index in [9.17, 15) is 9.59 Å². The molecule has 0 aliphatic heterocycles. The molecule has 21 heavy (non-hydrogen) atoms. The average molecular weight is 311 g/mol. The molecule has 1 fully saturated rings. The summed E-state index contributed by atoms with van der Waals surface area (Å²) < 4.78 is 5.02. The van der Waals surface area contributed by atoms with Crippen molar-refractivity contribution in [1.82, 2.24) is 9.88 Å². The summed E-state index contributed by atoms with van der Waals surface area (Å²) in [6.07, 6.45) is 2.88. The van der Waals surface area contributed by atoms with Crippen molar-refractivity contribution in [1.29, 1.82) is 0 Å². The minimum atomic E-state index is -0.897. The SMILES string of the molecule is COCc1cnc(NC(=O)C2(C(=O)N(C)C(C)C)CC2)s1. The fourth-order valence-electron chi connectivity index (χ4n) is 2.03. The summed E-state index contributed by atoms with van der Waals surface area (Å²) >= 11 is 1.36. The first-order valence-electron chi connectivity index (χ1n) is 6.93. The van der Waals surface area contributed by atoms with Gasteiger partial charge in [0, 0.05) is 26.4 Å². The molecule has 0 spiro atoms. The standard InChI is InChI=1S/C14H21N3O3S/c1-9(2)17(3)12(19)14(5-6-14)11(18)16-13-15-7-10(21-13)8-20-4/h7,9H,5-6,8H2,1-4H3,(H,15,16,18). The Morgan fingerprint density at radius 1 is 1.52 bits per heavy atom. The third-order valence-electron chi connectivity index (χ3n) is 3.75. The first-order valence-corrected chi connectivity index (χ1v) is 7.74. The number of nitrogens with one attached hydrogen (secondary N) is 1. The number of rotatable bonds is 6. The lowest BCUT2D eigenvalue weighted by Gasteiger charge is -2.26. The highest BCUT2D eigenvalue weighted by Crippen LogP contribution is 2.48. The maximum absolute atomic E-state index is 12.4. The number of carbonyl (C=O) groups is 2. The van der Waals surface area contributed by atoms with E-state index >= 15 is 0 Å². The second-order valence-corrected chi connectivity index (χ2v) is 6.73. The van der Waals surface area contributed by atoms with E-state index in [1.54, 1.807) is 25.3 Å². The highest BCUT2D eigenvalue weighted by molar-refractivity contribution is 7.15. The van der Waals surface area contributed by atoms with Crippen LogP contribution in [0.5, 0.6) is 0 Å². The lowest BCUT2D eigenvalue weighted by atomic mass is 10.0. The van der Waals surface area contributed by atoms with Crippen LogP contribution in [0.4, 0.5) is 5.13 Å². The molecule has 1 heterocycles.